The van der Waals surface area contributed by atoms with E-state index in [0.717, 1.165) is 0 Å². The van der Waals surface area contributed by atoms with Gasteiger partial charge in [-0.2, -0.15) is 0 Å². The fraction of sp³-hybridized carbons (Fsp3) is 0.636. The lowest BCUT2D eigenvalue weighted by Gasteiger charge is -2.10. The topological polar surface area (TPSA) is 0 Å². The summed E-state index contributed by atoms with van der Waals surface area (Å²) < 4.78 is 0. The van der Waals surface area contributed by atoms with Crippen LogP contribution in [0.3, 0.4) is 0 Å². The molecular formula is C11H18. The van der Waals surface area contributed by atoms with Crippen molar-refractivity contribution in [1.29, 1.82) is 0 Å². The molecule has 0 heteroatoms. The first kappa shape index (κ1) is 8.58. The molecule has 0 aromatic heterocycles. The Hall–Kier alpha value is -0.520. The summed E-state index contributed by atoms with van der Waals surface area (Å²) >= 11 is 0. The molecule has 1 aliphatic carbocycles. The van der Waals surface area contributed by atoms with E-state index in [1.54, 1.807) is 0 Å². The molecule has 0 nitrogen and oxygen atoms in total. The van der Waals surface area contributed by atoms with Crippen LogP contribution in [0, 0.1) is 0 Å². The van der Waals surface area contributed by atoms with Crippen molar-refractivity contribution in [2.75, 3.05) is 0 Å². The van der Waals surface area contributed by atoms with Gasteiger partial charge in [-0.05, 0) is 38.2 Å². The van der Waals surface area contributed by atoms with Crippen LogP contribution in [0.2, 0.25) is 0 Å². The molecule has 0 spiro atoms. The predicted molar refractivity (Wildman–Crippen MR) is 50.6 cm³/mol. The quantitative estimate of drug-likeness (QED) is 0.532. The summed E-state index contributed by atoms with van der Waals surface area (Å²) in [5, 5.41) is 0. The molecular weight excluding hydrogens is 132 g/mol. The Morgan fingerprint density at radius 3 is 2.73 bits per heavy atom. The fourth-order valence-electron chi connectivity index (χ4n) is 1.58. The van der Waals surface area contributed by atoms with Gasteiger partial charge in [0.1, 0.15) is 0 Å². The van der Waals surface area contributed by atoms with Crippen molar-refractivity contribution in [2.24, 2.45) is 0 Å². The minimum absolute atomic E-state index is 1.26. The maximum Gasteiger partial charge on any atom is -0.0280 e. The van der Waals surface area contributed by atoms with E-state index >= 15 is 0 Å². The lowest BCUT2D eigenvalue weighted by atomic mass is 9.96. The van der Waals surface area contributed by atoms with Crippen LogP contribution in [0.15, 0.2) is 23.8 Å². The molecule has 11 heavy (non-hydrogen) atoms. The van der Waals surface area contributed by atoms with Crippen LogP contribution < -0.4 is 0 Å². The average molecular weight is 150 g/mol. The second-order valence-electron chi connectivity index (χ2n) is 3.46. The maximum absolute atomic E-state index is 3.98. The van der Waals surface area contributed by atoms with Gasteiger partial charge in [0, 0.05) is 0 Å². The minimum atomic E-state index is 1.26. The van der Waals surface area contributed by atoms with Crippen LogP contribution in [-0.4, -0.2) is 0 Å². The predicted octanol–water partition coefficient (Wildman–Crippen LogP) is 3.84. The van der Waals surface area contributed by atoms with Gasteiger partial charge in [-0.25, -0.2) is 0 Å². The molecule has 0 aromatic carbocycles. The van der Waals surface area contributed by atoms with Gasteiger partial charge >= 0.3 is 0 Å². The highest BCUT2D eigenvalue weighted by Gasteiger charge is 2.01. The largest absolute Gasteiger partial charge is 0.0958 e. The first-order chi connectivity index (χ1) is 5.30. The molecule has 0 saturated heterocycles. The van der Waals surface area contributed by atoms with Crippen molar-refractivity contribution < 1.29 is 0 Å². The highest BCUT2D eigenvalue weighted by Crippen LogP contribution is 2.21. The highest BCUT2D eigenvalue weighted by molar-refractivity contribution is 5.26. The average Bonchev–Trinajstić information content (AvgIpc) is 1.84. The molecule has 62 valence electrons. The van der Waals surface area contributed by atoms with Gasteiger partial charge in [0.2, 0.25) is 0 Å². The summed E-state index contributed by atoms with van der Waals surface area (Å²) in [7, 11) is 0. The van der Waals surface area contributed by atoms with Crippen molar-refractivity contribution in [1.82, 2.24) is 0 Å². The Bertz CT molecular complexity index is 163. The standard InChI is InChI=1S/C11H18/c1-10(2)11-8-6-4-3-5-7-9-11/h8H,1,3-7,9H2,2H3. The fourth-order valence-corrected chi connectivity index (χ4v) is 1.58. The molecule has 1 aliphatic rings. The van der Waals surface area contributed by atoms with Crippen LogP contribution in [0.1, 0.15) is 45.4 Å². The van der Waals surface area contributed by atoms with Crippen LogP contribution in [-0.2, 0) is 0 Å². The molecule has 0 bridgehead atoms. The lowest BCUT2D eigenvalue weighted by Crippen LogP contribution is -1.90. The Morgan fingerprint density at radius 2 is 2.00 bits per heavy atom. The van der Waals surface area contributed by atoms with E-state index in [-0.39, 0.29) is 0 Å². The molecule has 0 heterocycles. The Balaban J connectivity index is 2.52. The second-order valence-corrected chi connectivity index (χ2v) is 3.46. The molecule has 0 aromatic rings. The van der Waals surface area contributed by atoms with E-state index in [9.17, 15) is 0 Å². The summed E-state index contributed by atoms with van der Waals surface area (Å²) in [6, 6.07) is 0. The summed E-state index contributed by atoms with van der Waals surface area (Å²) in [6.45, 7) is 6.10. The summed E-state index contributed by atoms with van der Waals surface area (Å²) in [4.78, 5) is 0. The third kappa shape index (κ3) is 2.92. The first-order valence-electron chi connectivity index (χ1n) is 4.65. The van der Waals surface area contributed by atoms with Crippen LogP contribution in [0.4, 0.5) is 0 Å². The Morgan fingerprint density at radius 1 is 1.27 bits per heavy atom. The molecule has 1 rings (SSSR count). The van der Waals surface area contributed by atoms with Crippen molar-refractivity contribution in [3.05, 3.63) is 23.8 Å². The van der Waals surface area contributed by atoms with Crippen molar-refractivity contribution >= 4 is 0 Å². The molecule has 0 N–H and O–H groups in total. The molecule has 0 atom stereocenters. The van der Waals surface area contributed by atoms with E-state index in [2.05, 4.69) is 19.6 Å². The zero-order chi connectivity index (χ0) is 8.10. The van der Waals surface area contributed by atoms with Gasteiger partial charge in [0.15, 0.2) is 0 Å². The van der Waals surface area contributed by atoms with Gasteiger partial charge < -0.3 is 0 Å². The van der Waals surface area contributed by atoms with Gasteiger partial charge in [0.25, 0.3) is 0 Å². The normalized spacial score (nSPS) is 19.9. The second kappa shape index (κ2) is 4.38. The van der Waals surface area contributed by atoms with Gasteiger partial charge in [-0.3, -0.25) is 0 Å². The highest BCUT2D eigenvalue weighted by atomic mass is 14.1. The van der Waals surface area contributed by atoms with Crippen LogP contribution >= 0.6 is 0 Å². The molecule has 0 unspecified atom stereocenters. The van der Waals surface area contributed by atoms with Crippen LogP contribution in [0.25, 0.3) is 0 Å². The SMILES string of the molecule is C=C(C)C1=CCCCCCC1. The monoisotopic (exact) mass is 150 g/mol. The summed E-state index contributed by atoms with van der Waals surface area (Å²) in [6.07, 6.45) is 10.5. The van der Waals surface area contributed by atoms with E-state index < -0.39 is 0 Å². The van der Waals surface area contributed by atoms with Crippen molar-refractivity contribution in [2.45, 2.75) is 45.4 Å². The van der Waals surface area contributed by atoms with Gasteiger partial charge in [-0.1, -0.05) is 31.1 Å². The molecule has 0 aliphatic heterocycles. The third-order valence-electron chi connectivity index (χ3n) is 2.34. The number of hydrogen-bond donors (Lipinski definition) is 0. The Labute approximate surface area is 70.0 Å². The Kier molecular flexibility index (Phi) is 3.41. The molecule has 0 saturated carbocycles. The lowest BCUT2D eigenvalue weighted by molar-refractivity contribution is 0.627. The zero-order valence-corrected chi connectivity index (χ0v) is 7.53. The third-order valence-corrected chi connectivity index (χ3v) is 2.34. The molecule has 0 radical (unpaired) electrons. The van der Waals surface area contributed by atoms with Gasteiger partial charge in [-0.15, -0.1) is 0 Å². The van der Waals surface area contributed by atoms with E-state index in [0.29, 0.717) is 0 Å². The van der Waals surface area contributed by atoms with E-state index in [4.69, 9.17) is 0 Å². The summed E-state index contributed by atoms with van der Waals surface area (Å²) in [5.74, 6) is 0. The van der Waals surface area contributed by atoms with Crippen molar-refractivity contribution in [3.8, 4) is 0 Å². The van der Waals surface area contributed by atoms with Crippen LogP contribution in [0.5, 0.6) is 0 Å². The smallest absolute Gasteiger partial charge is 0.0280 e. The molecule has 0 amide bonds. The number of rotatable bonds is 1. The van der Waals surface area contributed by atoms with Crippen molar-refractivity contribution in [3.63, 3.8) is 0 Å². The van der Waals surface area contributed by atoms with E-state index in [1.807, 2.05) is 0 Å². The molecule has 0 fully saturated rings. The zero-order valence-electron chi connectivity index (χ0n) is 7.53. The minimum Gasteiger partial charge on any atom is -0.0958 e. The number of hydrogen-bond acceptors (Lipinski definition) is 0. The number of allylic oxidation sites excluding steroid dienone is 3. The van der Waals surface area contributed by atoms with E-state index in [1.165, 1.54) is 49.7 Å². The summed E-state index contributed by atoms with van der Waals surface area (Å²) in [5.41, 5.74) is 2.77. The van der Waals surface area contributed by atoms with Gasteiger partial charge in [0.05, 0.1) is 0 Å². The maximum atomic E-state index is 3.98. The first-order valence-corrected chi connectivity index (χ1v) is 4.65.